The lowest BCUT2D eigenvalue weighted by atomic mass is 9.98. The van der Waals surface area contributed by atoms with Crippen LogP contribution in [-0.4, -0.2) is 34.4 Å². The predicted molar refractivity (Wildman–Crippen MR) is 115 cm³/mol. The Hall–Kier alpha value is -3.87. The largest absolute Gasteiger partial charge is 0.480 e. The van der Waals surface area contributed by atoms with Gasteiger partial charge in [-0.15, -0.1) is 0 Å². The van der Waals surface area contributed by atoms with Crippen molar-refractivity contribution < 1.29 is 19.4 Å². The number of carbonyl (C=O) groups excluding carboxylic acids is 1. The number of carboxylic acid groups (broad SMARTS) is 1. The standard InChI is InChI=1S/C24H22N2O5/c1-26-11-10-15(13-22(26)27)12-21(23(28)29)25-24(30)31-14-20-18-8-4-2-6-16(18)17-7-3-5-9-19(17)20/h2-11,13,20-21H,12,14H2,1H3,(H,25,30)(H,28,29)/t21-/m0/s1. The SMILES string of the molecule is Cn1ccc(C[C@H](NC(=O)OCC2c3ccccc3-c3ccccc32)C(=O)O)cc1=O. The van der Waals surface area contributed by atoms with E-state index in [4.69, 9.17) is 4.74 Å². The van der Waals surface area contributed by atoms with E-state index in [0.29, 0.717) is 5.56 Å². The molecule has 1 aliphatic rings. The second-order valence-corrected chi connectivity index (χ2v) is 7.55. The summed E-state index contributed by atoms with van der Waals surface area (Å²) in [7, 11) is 1.61. The lowest BCUT2D eigenvalue weighted by Gasteiger charge is -2.17. The molecule has 0 bridgehead atoms. The number of ether oxygens (including phenoxy) is 1. The first-order valence-corrected chi connectivity index (χ1v) is 9.94. The summed E-state index contributed by atoms with van der Waals surface area (Å²) < 4.78 is 6.81. The van der Waals surface area contributed by atoms with Gasteiger partial charge in [0.05, 0.1) is 0 Å². The van der Waals surface area contributed by atoms with Crippen molar-refractivity contribution in [2.75, 3.05) is 6.61 Å². The van der Waals surface area contributed by atoms with Crippen LogP contribution in [0.4, 0.5) is 4.79 Å². The Morgan fingerprint density at radius 1 is 1.06 bits per heavy atom. The number of aryl methyl sites for hydroxylation is 1. The van der Waals surface area contributed by atoms with E-state index in [0.717, 1.165) is 22.3 Å². The molecule has 1 amide bonds. The molecule has 0 saturated carbocycles. The number of pyridine rings is 1. The van der Waals surface area contributed by atoms with Crippen molar-refractivity contribution in [2.45, 2.75) is 18.4 Å². The third kappa shape index (κ3) is 4.21. The maximum absolute atomic E-state index is 12.4. The van der Waals surface area contributed by atoms with Crippen LogP contribution in [0, 0.1) is 0 Å². The number of benzene rings is 2. The lowest BCUT2D eigenvalue weighted by molar-refractivity contribution is -0.139. The Morgan fingerprint density at radius 3 is 2.26 bits per heavy atom. The summed E-state index contributed by atoms with van der Waals surface area (Å²) in [4.78, 5) is 35.8. The van der Waals surface area contributed by atoms with E-state index in [1.807, 2.05) is 48.5 Å². The fourth-order valence-corrected chi connectivity index (χ4v) is 3.93. The number of rotatable bonds is 6. The Kier molecular flexibility index (Phi) is 5.58. The van der Waals surface area contributed by atoms with E-state index in [1.54, 1.807) is 19.3 Å². The Bertz CT molecular complexity index is 1150. The fourth-order valence-electron chi connectivity index (χ4n) is 3.93. The number of alkyl carbamates (subject to hydrolysis) is 1. The van der Waals surface area contributed by atoms with Crippen LogP contribution in [-0.2, 0) is 23.0 Å². The first-order valence-electron chi connectivity index (χ1n) is 9.94. The van der Waals surface area contributed by atoms with Crippen molar-refractivity contribution in [2.24, 2.45) is 7.05 Å². The molecule has 0 spiro atoms. The van der Waals surface area contributed by atoms with Crippen molar-refractivity contribution in [3.63, 3.8) is 0 Å². The van der Waals surface area contributed by atoms with Crippen LogP contribution in [0.2, 0.25) is 0 Å². The molecule has 0 aliphatic heterocycles. The first-order chi connectivity index (χ1) is 14.9. The molecular formula is C24H22N2O5. The number of nitrogens with one attached hydrogen (secondary N) is 1. The van der Waals surface area contributed by atoms with E-state index in [2.05, 4.69) is 5.32 Å². The van der Waals surface area contributed by atoms with Gasteiger partial charge in [-0.1, -0.05) is 48.5 Å². The third-order valence-electron chi connectivity index (χ3n) is 5.54. The molecule has 0 unspecified atom stereocenters. The molecule has 3 aromatic rings. The summed E-state index contributed by atoms with van der Waals surface area (Å²) in [6.45, 7) is 0.0953. The summed E-state index contributed by atoms with van der Waals surface area (Å²) in [6, 6.07) is 17.7. The van der Waals surface area contributed by atoms with Crippen molar-refractivity contribution in [1.82, 2.24) is 9.88 Å². The van der Waals surface area contributed by atoms with E-state index in [1.165, 1.54) is 10.6 Å². The highest BCUT2D eigenvalue weighted by atomic mass is 16.5. The molecule has 1 aromatic heterocycles. The summed E-state index contributed by atoms with van der Waals surface area (Å²) in [5.41, 5.74) is 4.65. The molecule has 2 aromatic carbocycles. The highest BCUT2D eigenvalue weighted by Gasteiger charge is 2.29. The van der Waals surface area contributed by atoms with Crippen molar-refractivity contribution in [3.05, 3.63) is 93.9 Å². The summed E-state index contributed by atoms with van der Waals surface area (Å²) in [5, 5.41) is 11.9. The molecule has 158 valence electrons. The highest BCUT2D eigenvalue weighted by molar-refractivity contribution is 5.81. The van der Waals surface area contributed by atoms with E-state index >= 15 is 0 Å². The second-order valence-electron chi connectivity index (χ2n) is 7.55. The number of hydrogen-bond acceptors (Lipinski definition) is 4. The van der Waals surface area contributed by atoms with Crippen molar-refractivity contribution >= 4 is 12.1 Å². The van der Waals surface area contributed by atoms with Gasteiger partial charge in [-0.25, -0.2) is 9.59 Å². The zero-order valence-corrected chi connectivity index (χ0v) is 16.9. The average molecular weight is 418 g/mol. The summed E-state index contributed by atoms with van der Waals surface area (Å²) in [5.74, 6) is -1.31. The monoisotopic (exact) mass is 418 g/mol. The van der Waals surface area contributed by atoms with Crippen LogP contribution in [0.15, 0.2) is 71.7 Å². The summed E-state index contributed by atoms with van der Waals surface area (Å²) >= 11 is 0. The molecule has 0 saturated heterocycles. The van der Waals surface area contributed by atoms with Crippen LogP contribution in [0.1, 0.15) is 22.6 Å². The smallest absolute Gasteiger partial charge is 0.407 e. The molecule has 1 atom stereocenters. The lowest BCUT2D eigenvalue weighted by Crippen LogP contribution is -2.43. The van der Waals surface area contributed by atoms with Gasteiger partial charge in [-0.2, -0.15) is 0 Å². The van der Waals surface area contributed by atoms with Gasteiger partial charge in [0.2, 0.25) is 0 Å². The Labute approximate surface area is 178 Å². The fraction of sp³-hybridized carbons (Fsp3) is 0.208. The van der Waals surface area contributed by atoms with Gasteiger partial charge in [0.25, 0.3) is 5.56 Å². The number of aliphatic carboxylic acids is 1. The molecule has 1 aliphatic carbocycles. The minimum Gasteiger partial charge on any atom is -0.480 e. The van der Waals surface area contributed by atoms with Crippen LogP contribution >= 0.6 is 0 Å². The van der Waals surface area contributed by atoms with Gasteiger partial charge in [-0.3, -0.25) is 4.79 Å². The molecule has 0 fully saturated rings. The topological polar surface area (TPSA) is 97.6 Å². The van der Waals surface area contributed by atoms with E-state index in [9.17, 15) is 19.5 Å². The number of carbonyl (C=O) groups is 2. The average Bonchev–Trinajstić information content (AvgIpc) is 3.08. The maximum Gasteiger partial charge on any atom is 0.407 e. The van der Waals surface area contributed by atoms with Gasteiger partial charge in [0.15, 0.2) is 0 Å². The third-order valence-corrected chi connectivity index (χ3v) is 5.54. The van der Waals surface area contributed by atoms with Crippen molar-refractivity contribution in [3.8, 4) is 11.1 Å². The van der Waals surface area contributed by atoms with Crippen molar-refractivity contribution in [1.29, 1.82) is 0 Å². The molecule has 31 heavy (non-hydrogen) atoms. The number of carboxylic acids is 1. The zero-order valence-electron chi connectivity index (χ0n) is 16.9. The second kappa shape index (κ2) is 8.47. The molecule has 7 heteroatoms. The number of amides is 1. The highest BCUT2D eigenvalue weighted by Crippen LogP contribution is 2.44. The van der Waals surface area contributed by atoms with Gasteiger partial charge < -0.3 is 19.7 Å². The minimum atomic E-state index is -1.21. The molecule has 7 nitrogen and oxygen atoms in total. The Morgan fingerprint density at radius 2 is 1.68 bits per heavy atom. The maximum atomic E-state index is 12.4. The molecule has 1 heterocycles. The van der Waals surface area contributed by atoms with Crippen LogP contribution in [0.5, 0.6) is 0 Å². The molecule has 2 N–H and O–H groups in total. The number of nitrogens with zero attached hydrogens (tertiary/aromatic N) is 1. The van der Waals surface area contributed by atoms with E-state index < -0.39 is 18.1 Å². The predicted octanol–water partition coefficient (Wildman–Crippen LogP) is 2.92. The molecular weight excluding hydrogens is 396 g/mol. The Balaban J connectivity index is 1.44. The molecule has 0 radical (unpaired) electrons. The number of aromatic nitrogens is 1. The van der Waals surface area contributed by atoms with Gasteiger partial charge >= 0.3 is 12.1 Å². The van der Waals surface area contributed by atoms with Gasteiger partial charge in [0.1, 0.15) is 12.6 Å². The number of hydrogen-bond donors (Lipinski definition) is 2. The van der Waals surface area contributed by atoms with Gasteiger partial charge in [0, 0.05) is 31.6 Å². The van der Waals surface area contributed by atoms with E-state index in [-0.39, 0.29) is 24.5 Å². The van der Waals surface area contributed by atoms with Gasteiger partial charge in [-0.05, 0) is 33.9 Å². The summed E-state index contributed by atoms with van der Waals surface area (Å²) in [6.07, 6.45) is 0.734. The van der Waals surface area contributed by atoms with Crippen LogP contribution < -0.4 is 10.9 Å². The van der Waals surface area contributed by atoms with Crippen LogP contribution in [0.3, 0.4) is 0 Å². The number of fused-ring (bicyclic) bond motifs is 3. The molecule has 4 rings (SSSR count). The van der Waals surface area contributed by atoms with Crippen LogP contribution in [0.25, 0.3) is 11.1 Å². The minimum absolute atomic E-state index is 0.0182. The normalized spacial score (nSPS) is 13.2. The zero-order chi connectivity index (χ0) is 22.0. The first kappa shape index (κ1) is 20.4. The quantitative estimate of drug-likeness (QED) is 0.642.